The number of amides is 2. The van der Waals surface area contributed by atoms with Crippen molar-refractivity contribution in [3.8, 4) is 0 Å². The highest BCUT2D eigenvalue weighted by molar-refractivity contribution is 6.30. The van der Waals surface area contributed by atoms with Crippen LogP contribution >= 0.6 is 11.6 Å². The molecule has 158 valence electrons. The number of nitrogens with one attached hydrogen (secondary N) is 1. The first kappa shape index (κ1) is 22.0. The molecular weight excluding hydrogens is 394 g/mol. The topological polar surface area (TPSA) is 37.3 Å². The molecule has 0 spiro atoms. The van der Waals surface area contributed by atoms with Crippen molar-refractivity contribution >= 4 is 23.3 Å². The van der Waals surface area contributed by atoms with Crippen molar-refractivity contribution in [2.75, 3.05) is 5.32 Å². The summed E-state index contributed by atoms with van der Waals surface area (Å²) in [5, 5.41) is 3.80. The molecule has 4 nitrogen and oxygen atoms in total. The lowest BCUT2D eigenvalue weighted by Gasteiger charge is -2.32. The van der Waals surface area contributed by atoms with E-state index in [-0.39, 0.29) is 12.1 Å². The number of benzene rings is 2. The summed E-state index contributed by atoms with van der Waals surface area (Å²) in [7, 11) is 0. The highest BCUT2D eigenvalue weighted by atomic mass is 35.5. The van der Waals surface area contributed by atoms with Gasteiger partial charge < -0.3 is 14.8 Å². The van der Waals surface area contributed by atoms with Gasteiger partial charge in [-0.1, -0.05) is 49.7 Å². The number of carbonyl (C=O) groups is 1. The van der Waals surface area contributed by atoms with Crippen molar-refractivity contribution in [3.05, 3.63) is 88.7 Å². The van der Waals surface area contributed by atoms with Gasteiger partial charge in [-0.2, -0.15) is 0 Å². The number of urea groups is 1. The highest BCUT2D eigenvalue weighted by Crippen LogP contribution is 2.19. The van der Waals surface area contributed by atoms with Crippen LogP contribution in [0.15, 0.2) is 66.9 Å². The summed E-state index contributed by atoms with van der Waals surface area (Å²) in [5.41, 5.74) is 4.15. The average molecular weight is 424 g/mol. The molecule has 2 aromatic carbocycles. The van der Waals surface area contributed by atoms with Crippen LogP contribution in [0.2, 0.25) is 5.02 Å². The van der Waals surface area contributed by atoms with E-state index in [2.05, 4.69) is 42.8 Å². The Kier molecular flexibility index (Phi) is 7.22. The molecule has 1 atom stereocenters. The quantitative estimate of drug-likeness (QED) is 0.458. The third-order valence-electron chi connectivity index (χ3n) is 5.48. The fourth-order valence-corrected chi connectivity index (χ4v) is 3.65. The fraction of sp³-hybridized carbons (Fsp3) is 0.320. The predicted octanol–water partition coefficient (Wildman–Crippen LogP) is 6.58. The zero-order valence-corrected chi connectivity index (χ0v) is 18.9. The minimum absolute atomic E-state index is 0.0858. The van der Waals surface area contributed by atoms with Crippen LogP contribution in [0.4, 0.5) is 10.5 Å². The number of hydrogen-bond donors (Lipinski definition) is 1. The molecular formula is C25H30ClN3O. The summed E-state index contributed by atoms with van der Waals surface area (Å²) in [6.45, 7) is 9.65. The van der Waals surface area contributed by atoms with Crippen LogP contribution in [0, 0.1) is 12.8 Å². The van der Waals surface area contributed by atoms with Crippen molar-refractivity contribution in [1.82, 2.24) is 9.47 Å². The number of aromatic nitrogens is 1. The van der Waals surface area contributed by atoms with Crippen molar-refractivity contribution in [1.29, 1.82) is 0 Å². The summed E-state index contributed by atoms with van der Waals surface area (Å²) in [6.07, 6.45) is 2.05. The molecule has 0 aliphatic rings. The molecule has 2 amide bonds. The number of rotatable bonds is 7. The van der Waals surface area contributed by atoms with E-state index in [1.807, 2.05) is 66.6 Å². The number of aryl methyl sites for hydroxylation is 1. The van der Waals surface area contributed by atoms with E-state index in [0.717, 1.165) is 27.5 Å². The smallest absolute Gasteiger partial charge is 0.322 e. The lowest BCUT2D eigenvalue weighted by atomic mass is 10.0. The van der Waals surface area contributed by atoms with Gasteiger partial charge in [0.05, 0.1) is 6.54 Å². The Labute approximate surface area is 184 Å². The Balaban J connectivity index is 1.80. The molecule has 1 heterocycles. The monoisotopic (exact) mass is 423 g/mol. The first-order chi connectivity index (χ1) is 14.3. The van der Waals surface area contributed by atoms with E-state index in [1.165, 1.54) is 0 Å². The van der Waals surface area contributed by atoms with E-state index in [1.54, 1.807) is 0 Å². The molecule has 1 aromatic heterocycles. The second kappa shape index (κ2) is 9.86. The van der Waals surface area contributed by atoms with Crippen LogP contribution in [0.1, 0.15) is 37.6 Å². The van der Waals surface area contributed by atoms with E-state index in [4.69, 9.17) is 11.6 Å². The Bertz CT molecular complexity index is 995. The van der Waals surface area contributed by atoms with Gasteiger partial charge in [-0.15, -0.1) is 0 Å². The number of anilines is 1. The third-order valence-corrected chi connectivity index (χ3v) is 5.72. The maximum Gasteiger partial charge on any atom is 0.322 e. The average Bonchev–Trinajstić information content (AvgIpc) is 3.12. The molecule has 30 heavy (non-hydrogen) atoms. The van der Waals surface area contributed by atoms with Gasteiger partial charge in [0.2, 0.25) is 0 Å². The molecule has 1 N–H and O–H groups in total. The third kappa shape index (κ3) is 5.67. The summed E-state index contributed by atoms with van der Waals surface area (Å²) >= 11 is 6.14. The van der Waals surface area contributed by atoms with Gasteiger partial charge in [-0.25, -0.2) is 4.79 Å². The molecule has 0 radical (unpaired) electrons. The first-order valence-electron chi connectivity index (χ1n) is 10.4. The maximum absolute atomic E-state index is 13.2. The van der Waals surface area contributed by atoms with Crippen LogP contribution in [0.25, 0.3) is 0 Å². The van der Waals surface area contributed by atoms with Crippen molar-refractivity contribution in [2.45, 2.75) is 46.8 Å². The molecule has 0 unspecified atom stereocenters. The van der Waals surface area contributed by atoms with Gasteiger partial charge in [0.25, 0.3) is 0 Å². The number of hydrogen-bond acceptors (Lipinski definition) is 1. The van der Waals surface area contributed by atoms with Crippen LogP contribution in [0.5, 0.6) is 0 Å². The Morgan fingerprint density at radius 1 is 1.07 bits per heavy atom. The SMILES string of the molecule is Cc1cccc(NC(=O)N(Cc2cccn2Cc2cccc(Cl)c2)[C@@H](C)C(C)C)c1. The molecule has 0 saturated carbocycles. The lowest BCUT2D eigenvalue weighted by Crippen LogP contribution is -2.43. The Hall–Kier alpha value is -2.72. The van der Waals surface area contributed by atoms with Crippen LogP contribution < -0.4 is 5.32 Å². The van der Waals surface area contributed by atoms with Crippen LogP contribution in [-0.2, 0) is 13.1 Å². The second-order valence-electron chi connectivity index (χ2n) is 8.17. The lowest BCUT2D eigenvalue weighted by molar-refractivity contribution is 0.168. The Morgan fingerprint density at radius 3 is 2.53 bits per heavy atom. The predicted molar refractivity (Wildman–Crippen MR) is 125 cm³/mol. The van der Waals surface area contributed by atoms with E-state index < -0.39 is 0 Å². The molecule has 0 aliphatic carbocycles. The molecule has 0 fully saturated rings. The van der Waals surface area contributed by atoms with E-state index in [9.17, 15) is 4.79 Å². The van der Waals surface area contributed by atoms with Gasteiger partial charge in [-0.3, -0.25) is 0 Å². The van der Waals surface area contributed by atoms with E-state index in [0.29, 0.717) is 19.0 Å². The van der Waals surface area contributed by atoms with Crippen LogP contribution in [-0.4, -0.2) is 21.5 Å². The second-order valence-corrected chi connectivity index (χ2v) is 8.61. The molecule has 0 aliphatic heterocycles. The zero-order valence-electron chi connectivity index (χ0n) is 18.1. The van der Waals surface area contributed by atoms with Crippen LogP contribution in [0.3, 0.4) is 0 Å². The summed E-state index contributed by atoms with van der Waals surface area (Å²) in [6, 6.07) is 19.9. The number of halogens is 1. The van der Waals surface area contributed by atoms with Gasteiger partial charge in [0.1, 0.15) is 0 Å². The molecule has 3 aromatic rings. The van der Waals surface area contributed by atoms with Crippen molar-refractivity contribution < 1.29 is 4.79 Å². The van der Waals surface area contributed by atoms with Gasteiger partial charge >= 0.3 is 6.03 Å². The zero-order chi connectivity index (χ0) is 21.7. The van der Waals surface area contributed by atoms with Gasteiger partial charge in [-0.05, 0) is 67.3 Å². The molecule has 5 heteroatoms. The van der Waals surface area contributed by atoms with Crippen molar-refractivity contribution in [3.63, 3.8) is 0 Å². The standard InChI is InChI=1S/C25H30ClN3O/c1-18(2)20(4)29(25(30)27-23-11-5-8-19(3)14-23)17-24-12-7-13-28(24)16-21-9-6-10-22(26)15-21/h5-15,18,20H,16-17H2,1-4H3,(H,27,30)/t20-/m0/s1. The number of carbonyl (C=O) groups excluding carboxylic acids is 1. The maximum atomic E-state index is 13.2. The minimum atomic E-state index is -0.0858. The Morgan fingerprint density at radius 2 is 1.83 bits per heavy atom. The largest absolute Gasteiger partial charge is 0.345 e. The normalized spacial score (nSPS) is 12.1. The van der Waals surface area contributed by atoms with Gasteiger partial charge in [0.15, 0.2) is 0 Å². The van der Waals surface area contributed by atoms with Gasteiger partial charge in [0, 0.05) is 35.2 Å². The van der Waals surface area contributed by atoms with Crippen molar-refractivity contribution in [2.24, 2.45) is 5.92 Å². The molecule has 0 bridgehead atoms. The van der Waals surface area contributed by atoms with E-state index >= 15 is 0 Å². The summed E-state index contributed by atoms with van der Waals surface area (Å²) in [5.74, 6) is 0.338. The summed E-state index contributed by atoms with van der Waals surface area (Å²) < 4.78 is 2.17. The molecule has 3 rings (SSSR count). The molecule has 0 saturated heterocycles. The fourth-order valence-electron chi connectivity index (χ4n) is 3.43. The highest BCUT2D eigenvalue weighted by Gasteiger charge is 2.24. The first-order valence-corrected chi connectivity index (χ1v) is 10.7. The summed E-state index contributed by atoms with van der Waals surface area (Å²) in [4.78, 5) is 15.1. The number of nitrogens with zero attached hydrogens (tertiary/aromatic N) is 2. The minimum Gasteiger partial charge on any atom is -0.345 e.